The van der Waals surface area contributed by atoms with Crippen molar-refractivity contribution in [1.29, 1.82) is 0 Å². The Balaban J connectivity index is 2.16. The highest BCUT2D eigenvalue weighted by Crippen LogP contribution is 2.36. The molecule has 1 atom stereocenters. The third kappa shape index (κ3) is 3.45. The zero-order valence-corrected chi connectivity index (χ0v) is 13.6. The quantitative estimate of drug-likeness (QED) is 0.882. The van der Waals surface area contributed by atoms with Gasteiger partial charge in [0.05, 0.1) is 7.11 Å². The number of halogens is 1. The van der Waals surface area contributed by atoms with E-state index in [9.17, 15) is 10.2 Å². The molecular weight excluding hydrogens is 322 g/mol. The van der Waals surface area contributed by atoms with Crippen molar-refractivity contribution >= 4 is 15.9 Å². The number of aliphatic hydroxyl groups excluding tert-OH is 1. The Morgan fingerprint density at radius 2 is 2.20 bits per heavy atom. The van der Waals surface area contributed by atoms with Gasteiger partial charge in [0, 0.05) is 35.1 Å². The molecule has 0 aliphatic carbocycles. The van der Waals surface area contributed by atoms with Gasteiger partial charge in [-0.1, -0.05) is 22.9 Å². The summed E-state index contributed by atoms with van der Waals surface area (Å²) in [5.41, 5.74) is 0.808. The zero-order chi connectivity index (χ0) is 14.8. The second kappa shape index (κ2) is 6.33. The van der Waals surface area contributed by atoms with Gasteiger partial charge in [0.25, 0.3) is 0 Å². The largest absolute Gasteiger partial charge is 0.504 e. The van der Waals surface area contributed by atoms with Crippen LogP contribution in [0.5, 0.6) is 11.5 Å². The molecule has 0 aromatic heterocycles. The molecule has 1 aromatic carbocycles. The van der Waals surface area contributed by atoms with Crippen LogP contribution >= 0.6 is 15.9 Å². The van der Waals surface area contributed by atoms with Gasteiger partial charge < -0.3 is 14.9 Å². The van der Waals surface area contributed by atoms with Crippen LogP contribution in [-0.2, 0) is 6.54 Å². The minimum Gasteiger partial charge on any atom is -0.504 e. The molecular formula is C15H22BrNO3. The van der Waals surface area contributed by atoms with Crippen molar-refractivity contribution < 1.29 is 14.9 Å². The molecule has 112 valence electrons. The molecule has 4 nitrogen and oxygen atoms in total. The summed E-state index contributed by atoms with van der Waals surface area (Å²) in [6.45, 7) is 4.82. The number of benzene rings is 1. The number of hydrogen-bond donors (Lipinski definition) is 2. The van der Waals surface area contributed by atoms with Crippen molar-refractivity contribution in [3.05, 3.63) is 22.2 Å². The number of aromatic hydroxyl groups is 1. The molecule has 0 spiro atoms. The van der Waals surface area contributed by atoms with Gasteiger partial charge in [-0.3, -0.25) is 4.90 Å². The fourth-order valence-electron chi connectivity index (χ4n) is 2.84. The van der Waals surface area contributed by atoms with E-state index in [1.807, 2.05) is 6.07 Å². The van der Waals surface area contributed by atoms with Crippen molar-refractivity contribution in [2.24, 2.45) is 5.41 Å². The van der Waals surface area contributed by atoms with E-state index in [0.717, 1.165) is 36.0 Å². The first kappa shape index (κ1) is 15.6. The van der Waals surface area contributed by atoms with Crippen molar-refractivity contribution in [1.82, 2.24) is 4.90 Å². The topological polar surface area (TPSA) is 52.9 Å². The summed E-state index contributed by atoms with van der Waals surface area (Å²) in [7, 11) is 1.55. The first-order valence-electron chi connectivity index (χ1n) is 6.86. The summed E-state index contributed by atoms with van der Waals surface area (Å²) in [5.74, 6) is 0.684. The average molecular weight is 344 g/mol. The molecule has 1 aliphatic rings. The number of phenolic OH excluding ortho intramolecular Hbond substituents is 1. The van der Waals surface area contributed by atoms with Gasteiger partial charge in [0.2, 0.25) is 0 Å². The maximum absolute atomic E-state index is 10.2. The number of likely N-dealkylation sites (tertiary alicyclic amines) is 1. The Morgan fingerprint density at radius 3 is 2.85 bits per heavy atom. The van der Waals surface area contributed by atoms with E-state index < -0.39 is 0 Å². The van der Waals surface area contributed by atoms with Crippen LogP contribution in [0.2, 0.25) is 0 Å². The summed E-state index contributed by atoms with van der Waals surface area (Å²) in [6.07, 6.45) is 2.12. The molecule has 1 saturated heterocycles. The van der Waals surface area contributed by atoms with Crippen LogP contribution in [0, 0.1) is 5.41 Å². The fraction of sp³-hybridized carbons (Fsp3) is 0.600. The summed E-state index contributed by atoms with van der Waals surface area (Å²) in [4.78, 5) is 2.28. The Hall–Kier alpha value is -0.780. The van der Waals surface area contributed by atoms with Crippen LogP contribution in [0.25, 0.3) is 0 Å². The standard InChI is InChI=1S/C15H22BrNO3/c1-15(10-18)4-3-5-17(9-15)8-11-6-12(16)7-13(20-2)14(11)19/h6-7,18-19H,3-5,8-10H2,1-2H3. The number of phenols is 1. The van der Waals surface area contributed by atoms with E-state index in [4.69, 9.17) is 4.74 Å². The maximum Gasteiger partial charge on any atom is 0.162 e. The minimum absolute atomic E-state index is 0.0377. The van der Waals surface area contributed by atoms with Crippen LogP contribution < -0.4 is 4.74 Å². The third-order valence-electron chi connectivity index (χ3n) is 3.97. The van der Waals surface area contributed by atoms with E-state index in [0.29, 0.717) is 12.3 Å². The first-order valence-corrected chi connectivity index (χ1v) is 7.65. The van der Waals surface area contributed by atoms with Crippen molar-refractivity contribution in [2.75, 3.05) is 26.8 Å². The highest BCUT2D eigenvalue weighted by atomic mass is 79.9. The maximum atomic E-state index is 10.2. The lowest BCUT2D eigenvalue weighted by Gasteiger charge is -2.39. The number of piperidine rings is 1. The number of aliphatic hydroxyl groups is 1. The predicted molar refractivity (Wildman–Crippen MR) is 82.1 cm³/mol. The summed E-state index contributed by atoms with van der Waals surface area (Å²) >= 11 is 3.44. The van der Waals surface area contributed by atoms with Gasteiger partial charge >= 0.3 is 0 Å². The second-order valence-electron chi connectivity index (χ2n) is 5.90. The Labute approximate surface area is 128 Å². The number of ether oxygens (including phenoxy) is 1. The third-order valence-corrected chi connectivity index (χ3v) is 4.43. The number of rotatable bonds is 4. The molecule has 0 bridgehead atoms. The van der Waals surface area contributed by atoms with Gasteiger partial charge in [-0.05, 0) is 31.5 Å². The molecule has 1 heterocycles. The molecule has 2 rings (SSSR count). The van der Waals surface area contributed by atoms with Gasteiger partial charge in [-0.25, -0.2) is 0 Å². The van der Waals surface area contributed by atoms with Crippen molar-refractivity contribution in [3.63, 3.8) is 0 Å². The number of methoxy groups -OCH3 is 1. The smallest absolute Gasteiger partial charge is 0.162 e. The molecule has 0 saturated carbocycles. The van der Waals surface area contributed by atoms with Crippen LogP contribution in [-0.4, -0.2) is 41.9 Å². The van der Waals surface area contributed by atoms with E-state index in [1.54, 1.807) is 13.2 Å². The van der Waals surface area contributed by atoms with Crippen LogP contribution in [0.15, 0.2) is 16.6 Å². The lowest BCUT2D eigenvalue weighted by molar-refractivity contribution is 0.0425. The lowest BCUT2D eigenvalue weighted by atomic mass is 9.82. The van der Waals surface area contributed by atoms with Gasteiger partial charge in [-0.15, -0.1) is 0 Å². The van der Waals surface area contributed by atoms with E-state index in [1.165, 1.54) is 0 Å². The lowest BCUT2D eigenvalue weighted by Crippen LogP contribution is -2.43. The molecule has 1 fully saturated rings. The fourth-order valence-corrected chi connectivity index (χ4v) is 3.32. The highest BCUT2D eigenvalue weighted by molar-refractivity contribution is 9.10. The summed E-state index contributed by atoms with van der Waals surface area (Å²) < 4.78 is 6.07. The molecule has 1 unspecified atom stereocenters. The molecule has 2 N–H and O–H groups in total. The van der Waals surface area contributed by atoms with Crippen molar-refractivity contribution in [3.8, 4) is 11.5 Å². The number of nitrogens with zero attached hydrogens (tertiary/aromatic N) is 1. The summed E-state index contributed by atoms with van der Waals surface area (Å²) in [5, 5.41) is 19.7. The predicted octanol–water partition coefficient (Wildman–Crippen LogP) is 2.76. The molecule has 5 heteroatoms. The van der Waals surface area contributed by atoms with Gasteiger partial charge in [0.15, 0.2) is 11.5 Å². The van der Waals surface area contributed by atoms with Crippen LogP contribution in [0.3, 0.4) is 0 Å². The molecule has 20 heavy (non-hydrogen) atoms. The SMILES string of the molecule is COc1cc(Br)cc(CN2CCCC(C)(CO)C2)c1O. The molecule has 1 aliphatic heterocycles. The highest BCUT2D eigenvalue weighted by Gasteiger charge is 2.30. The zero-order valence-electron chi connectivity index (χ0n) is 12.0. The molecule has 1 aromatic rings. The van der Waals surface area contributed by atoms with E-state index in [2.05, 4.69) is 27.8 Å². The monoisotopic (exact) mass is 343 g/mol. The van der Waals surface area contributed by atoms with Crippen LogP contribution in [0.1, 0.15) is 25.3 Å². The van der Waals surface area contributed by atoms with Crippen molar-refractivity contribution in [2.45, 2.75) is 26.3 Å². The van der Waals surface area contributed by atoms with Crippen LogP contribution in [0.4, 0.5) is 0 Å². The normalized spacial score (nSPS) is 23.8. The first-order chi connectivity index (χ1) is 9.47. The second-order valence-corrected chi connectivity index (χ2v) is 6.81. The Morgan fingerprint density at radius 1 is 1.45 bits per heavy atom. The molecule has 0 radical (unpaired) electrons. The van der Waals surface area contributed by atoms with E-state index in [-0.39, 0.29) is 17.8 Å². The minimum atomic E-state index is -0.0377. The summed E-state index contributed by atoms with van der Waals surface area (Å²) in [6, 6.07) is 3.68. The number of hydrogen-bond acceptors (Lipinski definition) is 4. The Kier molecular flexibility index (Phi) is 4.94. The van der Waals surface area contributed by atoms with Gasteiger partial charge in [-0.2, -0.15) is 0 Å². The Bertz CT molecular complexity index is 480. The van der Waals surface area contributed by atoms with Gasteiger partial charge in [0.1, 0.15) is 0 Å². The average Bonchev–Trinajstić information content (AvgIpc) is 2.42. The van der Waals surface area contributed by atoms with E-state index >= 15 is 0 Å². The molecule has 0 amide bonds.